The van der Waals surface area contributed by atoms with Gasteiger partial charge >= 0.3 is 0 Å². The molecule has 0 aliphatic carbocycles. The quantitative estimate of drug-likeness (QED) is 0.387. The minimum atomic E-state index is 0.0940. The van der Waals surface area contributed by atoms with Crippen molar-refractivity contribution in [1.82, 2.24) is 4.98 Å². The standard InChI is InChI=1S/C14H9N7/c15-8-10-5-11(9-16)7-12(6-10)20-21-14(19-17)13-3-1-2-4-18-13/h1-7,17,20H/b19-17?,21-14-. The largest absolute Gasteiger partial charge is 0.276 e. The monoisotopic (exact) mass is 275 g/mol. The summed E-state index contributed by atoms with van der Waals surface area (Å²) in [6.45, 7) is 0. The summed E-state index contributed by atoms with van der Waals surface area (Å²) in [5, 5.41) is 25.1. The van der Waals surface area contributed by atoms with E-state index in [1.54, 1.807) is 36.5 Å². The fourth-order valence-corrected chi connectivity index (χ4v) is 1.57. The van der Waals surface area contributed by atoms with Crippen LogP contribution in [-0.2, 0) is 0 Å². The number of aromatic nitrogens is 1. The fourth-order valence-electron chi connectivity index (χ4n) is 1.57. The maximum absolute atomic E-state index is 8.90. The van der Waals surface area contributed by atoms with E-state index in [-0.39, 0.29) is 5.84 Å². The van der Waals surface area contributed by atoms with Gasteiger partial charge in [0.15, 0.2) is 0 Å². The number of nitriles is 2. The lowest BCUT2D eigenvalue weighted by Crippen LogP contribution is -2.03. The number of hydrogen-bond donors (Lipinski definition) is 2. The van der Waals surface area contributed by atoms with Crippen LogP contribution in [0.4, 0.5) is 5.69 Å². The van der Waals surface area contributed by atoms with Crippen molar-refractivity contribution < 1.29 is 0 Å². The van der Waals surface area contributed by atoms with Gasteiger partial charge in [-0.3, -0.25) is 10.4 Å². The number of nitrogens with zero attached hydrogens (tertiary/aromatic N) is 5. The summed E-state index contributed by atoms with van der Waals surface area (Å²) >= 11 is 0. The third-order valence-corrected chi connectivity index (χ3v) is 2.48. The topological polar surface area (TPSA) is 121 Å². The van der Waals surface area contributed by atoms with Crippen LogP contribution in [0.2, 0.25) is 0 Å². The van der Waals surface area contributed by atoms with E-state index < -0.39 is 0 Å². The second-order valence-electron chi connectivity index (χ2n) is 3.90. The second-order valence-corrected chi connectivity index (χ2v) is 3.90. The molecule has 0 fully saturated rings. The Bertz CT molecular complexity index is 734. The molecule has 2 rings (SSSR count). The average molecular weight is 275 g/mol. The molecule has 21 heavy (non-hydrogen) atoms. The van der Waals surface area contributed by atoms with Crippen LogP contribution in [0.1, 0.15) is 16.8 Å². The number of amidine groups is 1. The summed E-state index contributed by atoms with van der Waals surface area (Å²) in [6.07, 6.45) is 1.57. The van der Waals surface area contributed by atoms with Crippen LogP contribution in [0.3, 0.4) is 0 Å². The van der Waals surface area contributed by atoms with Gasteiger partial charge in [-0.15, -0.1) is 5.11 Å². The van der Waals surface area contributed by atoms with Crippen molar-refractivity contribution >= 4 is 11.5 Å². The zero-order valence-electron chi connectivity index (χ0n) is 10.8. The lowest BCUT2D eigenvalue weighted by molar-refractivity contribution is 1.13. The SMILES string of the molecule is N#Cc1cc(C#N)cc(N/N=C(\N=N)c2ccccn2)c1. The summed E-state index contributed by atoms with van der Waals surface area (Å²) in [4.78, 5) is 4.04. The number of pyridine rings is 1. The van der Waals surface area contributed by atoms with Crippen molar-refractivity contribution in [2.75, 3.05) is 5.43 Å². The molecule has 0 spiro atoms. The van der Waals surface area contributed by atoms with Crippen molar-refractivity contribution in [3.63, 3.8) is 0 Å². The zero-order valence-corrected chi connectivity index (χ0v) is 10.8. The molecular weight excluding hydrogens is 266 g/mol. The van der Waals surface area contributed by atoms with E-state index in [0.29, 0.717) is 22.5 Å². The molecule has 0 aliphatic rings. The van der Waals surface area contributed by atoms with Gasteiger partial charge in [0.25, 0.3) is 0 Å². The smallest absolute Gasteiger partial charge is 0.218 e. The molecule has 1 aromatic carbocycles. The van der Waals surface area contributed by atoms with Crippen molar-refractivity contribution in [2.24, 2.45) is 10.2 Å². The summed E-state index contributed by atoms with van der Waals surface area (Å²) in [6, 6.07) is 13.7. The zero-order chi connectivity index (χ0) is 15.1. The maximum atomic E-state index is 8.90. The second kappa shape index (κ2) is 6.55. The summed E-state index contributed by atoms with van der Waals surface area (Å²) in [7, 11) is 0. The van der Waals surface area contributed by atoms with Gasteiger partial charge in [-0.1, -0.05) is 6.07 Å². The Morgan fingerprint density at radius 2 is 1.86 bits per heavy atom. The first-order chi connectivity index (χ1) is 10.3. The van der Waals surface area contributed by atoms with E-state index in [0.717, 1.165) is 0 Å². The molecule has 0 saturated carbocycles. The molecule has 2 N–H and O–H groups in total. The highest BCUT2D eigenvalue weighted by atomic mass is 15.3. The first-order valence-electron chi connectivity index (χ1n) is 5.84. The maximum Gasteiger partial charge on any atom is 0.218 e. The number of hydrazone groups is 1. The molecule has 0 unspecified atom stereocenters. The average Bonchev–Trinajstić information content (AvgIpc) is 2.56. The highest BCUT2D eigenvalue weighted by molar-refractivity contribution is 5.97. The Morgan fingerprint density at radius 3 is 2.38 bits per heavy atom. The van der Waals surface area contributed by atoms with Crippen molar-refractivity contribution in [2.45, 2.75) is 0 Å². The molecule has 1 heterocycles. The molecule has 7 nitrogen and oxygen atoms in total. The predicted octanol–water partition coefficient (Wildman–Crippen LogP) is 2.63. The van der Waals surface area contributed by atoms with Crippen molar-refractivity contribution in [1.29, 1.82) is 16.1 Å². The molecule has 100 valence electrons. The van der Waals surface area contributed by atoms with Gasteiger partial charge in [0.05, 0.1) is 29.0 Å². The Kier molecular flexibility index (Phi) is 4.32. The minimum Gasteiger partial charge on any atom is -0.276 e. The molecule has 0 aliphatic heterocycles. The Morgan fingerprint density at radius 1 is 1.14 bits per heavy atom. The summed E-state index contributed by atoms with van der Waals surface area (Å²) in [5.41, 5.74) is 11.4. The van der Waals surface area contributed by atoms with Crippen LogP contribution in [0.5, 0.6) is 0 Å². The number of nitrogens with one attached hydrogen (secondary N) is 2. The Balaban J connectivity index is 2.30. The molecule has 2 aromatic rings. The van der Waals surface area contributed by atoms with Crippen LogP contribution in [0, 0.1) is 28.2 Å². The highest BCUT2D eigenvalue weighted by Crippen LogP contribution is 2.14. The van der Waals surface area contributed by atoms with E-state index in [9.17, 15) is 0 Å². The van der Waals surface area contributed by atoms with E-state index in [1.807, 2.05) is 12.1 Å². The van der Waals surface area contributed by atoms with E-state index in [4.69, 9.17) is 16.1 Å². The van der Waals surface area contributed by atoms with Crippen LogP contribution >= 0.6 is 0 Å². The van der Waals surface area contributed by atoms with Crippen molar-refractivity contribution in [3.8, 4) is 12.1 Å². The van der Waals surface area contributed by atoms with E-state index in [1.165, 1.54) is 6.07 Å². The molecule has 7 heteroatoms. The molecule has 0 amide bonds. The Hall–Kier alpha value is -3.58. The van der Waals surface area contributed by atoms with Crippen LogP contribution in [-0.4, -0.2) is 10.8 Å². The molecule has 0 atom stereocenters. The first kappa shape index (κ1) is 13.8. The van der Waals surface area contributed by atoms with Crippen molar-refractivity contribution in [3.05, 3.63) is 59.4 Å². The number of rotatable bonds is 3. The molecule has 0 radical (unpaired) electrons. The third kappa shape index (κ3) is 3.46. The van der Waals surface area contributed by atoms with Crippen LogP contribution in [0.15, 0.2) is 52.8 Å². The normalized spacial score (nSPS) is 10.3. The van der Waals surface area contributed by atoms with Gasteiger partial charge in [0.2, 0.25) is 5.84 Å². The van der Waals surface area contributed by atoms with Gasteiger partial charge < -0.3 is 0 Å². The number of benzene rings is 1. The fraction of sp³-hybridized carbons (Fsp3) is 0. The van der Waals surface area contributed by atoms with E-state index in [2.05, 4.69) is 20.6 Å². The summed E-state index contributed by atoms with van der Waals surface area (Å²) < 4.78 is 0. The predicted molar refractivity (Wildman–Crippen MR) is 75.4 cm³/mol. The summed E-state index contributed by atoms with van der Waals surface area (Å²) in [5.74, 6) is 0.0940. The lowest BCUT2D eigenvalue weighted by Gasteiger charge is -2.03. The minimum absolute atomic E-state index is 0.0940. The Labute approximate surface area is 120 Å². The van der Waals surface area contributed by atoms with Gasteiger partial charge in [-0.25, -0.2) is 5.53 Å². The molecule has 0 bridgehead atoms. The van der Waals surface area contributed by atoms with E-state index >= 15 is 0 Å². The first-order valence-corrected chi connectivity index (χ1v) is 5.84. The van der Waals surface area contributed by atoms with Gasteiger partial charge in [-0.05, 0) is 30.3 Å². The van der Waals surface area contributed by atoms with Gasteiger partial charge in [-0.2, -0.15) is 15.6 Å². The van der Waals surface area contributed by atoms with Gasteiger partial charge in [0, 0.05) is 6.20 Å². The lowest BCUT2D eigenvalue weighted by atomic mass is 10.1. The third-order valence-electron chi connectivity index (χ3n) is 2.48. The number of anilines is 1. The van der Waals surface area contributed by atoms with Crippen LogP contribution in [0.25, 0.3) is 0 Å². The van der Waals surface area contributed by atoms with Crippen LogP contribution < -0.4 is 5.43 Å². The van der Waals surface area contributed by atoms with Gasteiger partial charge in [0.1, 0.15) is 5.69 Å². The molecular formula is C14H9N7. The number of hydrogen-bond acceptors (Lipinski definition) is 6. The molecule has 1 aromatic heterocycles. The highest BCUT2D eigenvalue weighted by Gasteiger charge is 2.04. The molecule has 0 saturated heterocycles.